The first-order valence-corrected chi connectivity index (χ1v) is 54.5. The van der Waals surface area contributed by atoms with E-state index in [2.05, 4.69) is 117 Å². The fourth-order valence-corrected chi connectivity index (χ4v) is 27.3. The molecule has 0 aromatic carbocycles. The Morgan fingerprint density at radius 1 is 0.371 bits per heavy atom. The number of carbonyl (C=O) groups excluding carboxylic acids is 8. The van der Waals surface area contributed by atoms with Gasteiger partial charge >= 0.3 is 0 Å². The van der Waals surface area contributed by atoms with Gasteiger partial charge in [-0.2, -0.15) is 0 Å². The number of hydrogen-bond acceptors (Lipinski definition) is 29. The first-order valence-electron chi connectivity index (χ1n) is 51.2. The third-order valence-electron chi connectivity index (χ3n) is 32.0. The van der Waals surface area contributed by atoms with Crippen molar-refractivity contribution in [3.8, 4) is 41.8 Å². The fourth-order valence-electron chi connectivity index (χ4n) is 23.2. The number of amides is 8. The lowest BCUT2D eigenvalue weighted by molar-refractivity contribution is 0.0447. The number of hydrogen-bond donors (Lipinski definition) is 12. The summed E-state index contributed by atoms with van der Waals surface area (Å²) in [4.78, 5) is 155. The molecule has 8 aromatic rings. The summed E-state index contributed by atoms with van der Waals surface area (Å²) in [6, 6.07) is 10.2. The SMILES string of the molecule is Cc1cc(NC(C)C)ncc1-c1sc(C(=O)N[C@@H]2CC[C@@H](O)C2)nc1C(=O)N1C2CCC1CC2.Cc1cc(NC2(C)CC2)ncc1-c1sc(C(=O)N[C@@H]2COC[C@H]2O)nc1C(=O)N1C2CCC1CC2.Cc1cc(N[C@H](C)C2CC2)ncc1-c1sc(C(=O)N[C@@H]2CCC[C@H]2O)nc1C(=O)N1C2CCC1CC2.Cc1cc(N[C@H](C)C2CC2)ncc1-c1sc(C(=O)N[C@@H]2CC[C@H]2O)nc1C(=O)N1C2CCC1CC2. The van der Waals surface area contributed by atoms with E-state index in [1.807, 2.05) is 77.8 Å². The molecule has 0 spiro atoms. The van der Waals surface area contributed by atoms with Crippen molar-refractivity contribution in [1.29, 1.82) is 0 Å². The highest BCUT2D eigenvalue weighted by atomic mass is 32.1. The molecule has 15 aliphatic rings. The van der Waals surface area contributed by atoms with Crippen LogP contribution < -0.4 is 42.5 Å². The number of aryl methyl sites for hydroxylation is 4. The molecule has 37 heteroatoms. The smallest absolute Gasteiger partial charge is 0.280 e. The molecule has 15 fully saturated rings. The quantitative estimate of drug-likeness (QED) is 0.0239. The molecule has 6 saturated carbocycles. The van der Waals surface area contributed by atoms with Gasteiger partial charge in [-0.3, -0.25) is 38.4 Å². The van der Waals surface area contributed by atoms with Crippen molar-refractivity contribution in [2.75, 3.05) is 34.5 Å². The van der Waals surface area contributed by atoms with Crippen LogP contribution in [0.15, 0.2) is 49.1 Å². The first kappa shape index (κ1) is 97.3. The highest BCUT2D eigenvalue weighted by Crippen LogP contribution is 2.49. The highest BCUT2D eigenvalue weighted by molar-refractivity contribution is 7.18. The zero-order chi connectivity index (χ0) is 97.5. The summed E-state index contributed by atoms with van der Waals surface area (Å²) >= 11 is 4.96. The summed E-state index contributed by atoms with van der Waals surface area (Å²) < 4.78 is 5.25. The van der Waals surface area contributed by atoms with E-state index in [0.29, 0.717) is 91.9 Å². The molecule has 12 N–H and O–H groups in total. The molecule has 9 saturated heterocycles. The summed E-state index contributed by atoms with van der Waals surface area (Å²) in [5.41, 5.74) is 8.76. The highest BCUT2D eigenvalue weighted by Gasteiger charge is 2.50. The van der Waals surface area contributed by atoms with E-state index in [1.165, 1.54) is 71.0 Å². The van der Waals surface area contributed by atoms with Gasteiger partial charge in [0.05, 0.1) is 75.3 Å². The van der Waals surface area contributed by atoms with Crippen LogP contribution >= 0.6 is 45.3 Å². The molecule has 0 radical (unpaired) electrons. The second-order valence-corrected chi connectivity index (χ2v) is 46.7. The molecule has 0 unspecified atom stereocenters. The maximum Gasteiger partial charge on any atom is 0.280 e. The van der Waals surface area contributed by atoms with Gasteiger partial charge in [-0.1, -0.05) is 0 Å². The van der Waals surface area contributed by atoms with Crippen molar-refractivity contribution in [1.82, 2.24) is 80.7 Å². The molecule has 17 heterocycles. The first-order chi connectivity index (χ1) is 67.4. The number of aliphatic hydroxyl groups is 4. The Morgan fingerprint density at radius 3 is 0.971 bits per heavy atom. The third kappa shape index (κ3) is 20.6. The topological polar surface area (TPSA) is 439 Å². The fraction of sp³-hybridized carbons (Fsp3) is 0.612. The number of ether oxygens (including phenoxy) is 1. The zero-order valence-corrected chi connectivity index (χ0v) is 84.6. The molecule has 10 atom stereocenters. The number of aliphatic hydroxyl groups excluding tert-OH is 4. The number of nitrogens with one attached hydrogen (secondary N) is 8. The zero-order valence-electron chi connectivity index (χ0n) is 81.3. The van der Waals surface area contributed by atoms with Gasteiger partial charge in [-0.05, 0) is 313 Å². The monoisotopic (exact) mass is 1980 g/mol. The Kier molecular flexibility index (Phi) is 28.2. The predicted octanol–water partition coefficient (Wildman–Crippen LogP) is 14.4. The molecule has 8 bridgehead atoms. The van der Waals surface area contributed by atoms with Crippen molar-refractivity contribution in [2.24, 2.45) is 11.8 Å². The lowest BCUT2D eigenvalue weighted by Crippen LogP contribution is -2.50. The van der Waals surface area contributed by atoms with Crippen LogP contribution in [0.5, 0.6) is 0 Å². The van der Waals surface area contributed by atoms with E-state index in [4.69, 9.17) is 4.74 Å². The number of thiazole rings is 4. The molecular weight excluding hydrogens is 1850 g/mol. The summed E-state index contributed by atoms with van der Waals surface area (Å²) in [5, 5.41) is 66.4. The van der Waals surface area contributed by atoms with Crippen LogP contribution in [0, 0.1) is 39.5 Å². The maximum atomic E-state index is 13.8. The number of nitrogens with zero attached hydrogens (tertiary/aromatic N) is 12. The Balaban J connectivity index is 0.000000115. The van der Waals surface area contributed by atoms with E-state index in [1.54, 1.807) is 18.6 Å². The van der Waals surface area contributed by atoms with Gasteiger partial charge in [0.15, 0.2) is 20.0 Å². The third-order valence-corrected chi connectivity index (χ3v) is 36.4. The summed E-state index contributed by atoms with van der Waals surface area (Å²) in [6.45, 7) is 19.2. The molecule has 33 nitrogen and oxygen atoms in total. The predicted molar refractivity (Wildman–Crippen MR) is 538 cm³/mol. The van der Waals surface area contributed by atoms with Gasteiger partial charge in [-0.15, -0.1) is 45.3 Å². The van der Waals surface area contributed by atoms with E-state index in [-0.39, 0.29) is 159 Å². The van der Waals surface area contributed by atoms with Crippen LogP contribution in [0.3, 0.4) is 0 Å². The molecule has 8 aromatic heterocycles. The van der Waals surface area contributed by atoms with Gasteiger partial charge in [0.25, 0.3) is 47.3 Å². The Bertz CT molecular complexity index is 5970. The second kappa shape index (κ2) is 40.6. The average Bonchev–Trinajstić information content (AvgIpc) is 1.62. The van der Waals surface area contributed by atoms with Crippen LogP contribution in [0.4, 0.5) is 23.3 Å². The minimum atomic E-state index is -0.750. The van der Waals surface area contributed by atoms with Crippen LogP contribution in [0.25, 0.3) is 41.8 Å². The van der Waals surface area contributed by atoms with Gasteiger partial charge < -0.3 is 87.3 Å². The van der Waals surface area contributed by atoms with Gasteiger partial charge in [0.2, 0.25) is 0 Å². The number of pyridine rings is 4. The van der Waals surface area contributed by atoms with Crippen LogP contribution in [0.2, 0.25) is 0 Å². The van der Waals surface area contributed by atoms with E-state index in [0.717, 1.165) is 209 Å². The summed E-state index contributed by atoms with van der Waals surface area (Å²) in [5.74, 6) is 3.03. The second-order valence-electron chi connectivity index (χ2n) is 42.7. The maximum absolute atomic E-state index is 13.8. The van der Waals surface area contributed by atoms with Crippen molar-refractivity contribution < 1.29 is 63.5 Å². The summed E-state index contributed by atoms with van der Waals surface area (Å²) in [7, 11) is 0. The summed E-state index contributed by atoms with van der Waals surface area (Å²) in [6.07, 6.45) is 34.8. The van der Waals surface area contributed by atoms with Crippen molar-refractivity contribution in [3.05, 3.63) is 114 Å². The van der Waals surface area contributed by atoms with Gasteiger partial charge in [-0.25, -0.2) is 39.9 Å². The molecule has 9 aliphatic heterocycles. The van der Waals surface area contributed by atoms with Gasteiger partial charge in [0, 0.05) is 125 Å². The molecule has 8 amide bonds. The Labute approximate surface area is 832 Å². The lowest BCUT2D eigenvalue weighted by atomic mass is 9.89. The standard InChI is InChI=1S/C27H35N5O3S.C26H33N5O3S.C25H31N5O4S.C25H33N5O3S/c1-14-12-22(29-15(2)16-6-7-16)28-13-19(14)24-23(27(35)32-17-8-9-18(32)11-10-17)31-26(36-24)25(34)30-20-4-3-5-21(20)33;1-13-11-21(28-14(2)15-3-4-15)27-12-18(13)23-22(26(34)31-16-5-6-17(31)8-7-16)30-25(35-23)24(33)29-19-9-10-20(19)32;1-13-9-19(29-25(2)7-8-25)26-10-16(13)21-20(24(33)30-14-3-4-15(30)6-5-14)28-23(35-21)22(32)27-17-11-34-12-18(17)31;1-13(2)27-20-10-14(3)19(12-26-20)22-21(25(33)30-16-5-6-17(30)8-7-16)29-24(34-22)23(32)28-15-4-9-18(31)11-15/h12-13,15-18,20-21,33H,3-11H2,1-2H3,(H,28,29)(H,30,34);11-12,14-17,19-20,32H,3-10H2,1-2H3,(H,27,28)(H,29,33);9-10,14-15,17-18,31H,3-8,11-12H2,1-2H3,(H,26,29)(H,27,32);10,12-13,15-18,31H,4-9,11H2,1-3H3,(H,26,27)(H,28,32)/t15-,17?,18?,20-,21-;14-,16?,17?,19-,20-;14?,15?,17-,18-;15-,16?,17?,18-/m1111/s1. The largest absolute Gasteiger partial charge is 0.393 e. The van der Waals surface area contributed by atoms with E-state index < -0.39 is 30.3 Å². The minimum Gasteiger partial charge on any atom is -0.393 e. The minimum absolute atomic E-state index is 0.0618. The molecule has 23 rings (SSSR count). The number of anilines is 4. The van der Waals surface area contributed by atoms with Crippen molar-refractivity contribution in [3.63, 3.8) is 0 Å². The number of fused-ring (bicyclic) bond motifs is 8. The van der Waals surface area contributed by atoms with Crippen molar-refractivity contribution >= 4 is 116 Å². The molecule has 746 valence electrons. The Hall–Kier alpha value is -10.1. The van der Waals surface area contributed by atoms with Crippen molar-refractivity contribution in [2.45, 2.75) is 376 Å². The normalized spacial score (nSPS) is 27.6. The van der Waals surface area contributed by atoms with Gasteiger partial charge in [0.1, 0.15) is 46.0 Å². The molecular formula is C103H132N20O13S4. The van der Waals surface area contributed by atoms with Crippen LogP contribution in [-0.4, -0.2) is 261 Å². The number of carbonyl (C=O) groups is 8. The Morgan fingerprint density at radius 2 is 0.693 bits per heavy atom. The van der Waals surface area contributed by atoms with Crippen LogP contribution in [-0.2, 0) is 4.74 Å². The average molecular weight is 1990 g/mol. The van der Waals surface area contributed by atoms with E-state index in [9.17, 15) is 58.8 Å². The number of aromatic nitrogens is 8. The van der Waals surface area contributed by atoms with Crippen LogP contribution in [0.1, 0.15) is 331 Å². The lowest BCUT2D eigenvalue weighted by Gasteiger charge is -2.32. The van der Waals surface area contributed by atoms with E-state index >= 15 is 0 Å². The number of rotatable bonds is 26. The molecule has 6 aliphatic carbocycles. The molecule has 140 heavy (non-hydrogen) atoms.